The fourth-order valence-corrected chi connectivity index (χ4v) is 6.84. The van der Waals surface area contributed by atoms with Crippen LogP contribution < -0.4 is 5.32 Å². The van der Waals surface area contributed by atoms with E-state index in [1.165, 1.54) is 55.6 Å². The van der Waals surface area contributed by atoms with Crippen molar-refractivity contribution in [2.75, 3.05) is 5.32 Å². The molecule has 2 heteroatoms. The molecule has 0 saturated heterocycles. The first-order valence-corrected chi connectivity index (χ1v) is 15.2. The Kier molecular flexibility index (Phi) is 5.31. The molecule has 3 atom stereocenters. The number of allylic oxidation sites excluding steroid dienone is 5. The van der Waals surface area contributed by atoms with Crippen LogP contribution in [0, 0.1) is 5.92 Å². The van der Waals surface area contributed by atoms with Crippen molar-refractivity contribution in [3.8, 4) is 22.3 Å². The summed E-state index contributed by atoms with van der Waals surface area (Å²) in [5.41, 5.74) is 14.2. The Morgan fingerprint density at radius 1 is 0.786 bits per heavy atom. The monoisotopic (exact) mass is 541 g/mol. The van der Waals surface area contributed by atoms with Crippen LogP contribution in [0.25, 0.3) is 44.9 Å². The predicted molar refractivity (Wildman–Crippen MR) is 174 cm³/mol. The van der Waals surface area contributed by atoms with Crippen molar-refractivity contribution in [3.63, 3.8) is 0 Å². The number of furan rings is 1. The number of nitrogens with one attached hydrogen (secondary N) is 1. The summed E-state index contributed by atoms with van der Waals surface area (Å²) in [6.07, 6.45) is 16.7. The molecule has 5 aromatic rings. The molecule has 2 nitrogen and oxygen atoms in total. The van der Waals surface area contributed by atoms with E-state index in [1.54, 1.807) is 5.57 Å². The van der Waals surface area contributed by atoms with E-state index in [0.29, 0.717) is 17.9 Å². The maximum absolute atomic E-state index is 6.13. The number of hydrogen-bond acceptors (Lipinski definition) is 2. The highest BCUT2D eigenvalue weighted by atomic mass is 16.3. The Morgan fingerprint density at radius 2 is 1.64 bits per heavy atom. The van der Waals surface area contributed by atoms with Crippen LogP contribution in [0.5, 0.6) is 0 Å². The summed E-state index contributed by atoms with van der Waals surface area (Å²) in [4.78, 5) is 0. The molecule has 9 rings (SSSR count). The van der Waals surface area contributed by atoms with E-state index in [4.69, 9.17) is 4.42 Å². The summed E-state index contributed by atoms with van der Waals surface area (Å²) >= 11 is 0. The van der Waals surface area contributed by atoms with Crippen molar-refractivity contribution in [2.45, 2.75) is 31.2 Å². The first kappa shape index (κ1) is 23.8. The van der Waals surface area contributed by atoms with Crippen LogP contribution in [0.4, 0.5) is 5.69 Å². The van der Waals surface area contributed by atoms with Crippen molar-refractivity contribution in [2.24, 2.45) is 5.92 Å². The average molecular weight is 542 g/mol. The topological polar surface area (TPSA) is 25.2 Å². The summed E-state index contributed by atoms with van der Waals surface area (Å²) in [6, 6.07) is 34.1. The van der Waals surface area contributed by atoms with Gasteiger partial charge in [0.2, 0.25) is 0 Å². The number of benzene rings is 4. The Labute approximate surface area is 246 Å². The molecule has 0 aliphatic heterocycles. The van der Waals surface area contributed by atoms with E-state index in [2.05, 4.69) is 127 Å². The summed E-state index contributed by atoms with van der Waals surface area (Å²) in [5.74, 6) is 2.00. The second-order valence-corrected chi connectivity index (χ2v) is 12.1. The summed E-state index contributed by atoms with van der Waals surface area (Å²) in [5, 5.41) is 5.07. The van der Waals surface area contributed by atoms with Crippen LogP contribution in [-0.4, -0.2) is 6.04 Å². The average Bonchev–Trinajstić information content (AvgIpc) is 3.96. The Bertz CT molecular complexity index is 2010. The van der Waals surface area contributed by atoms with Gasteiger partial charge in [-0.3, -0.25) is 0 Å². The first-order valence-electron chi connectivity index (χ1n) is 15.2. The summed E-state index contributed by atoms with van der Waals surface area (Å²) < 4.78 is 6.13. The first-order chi connectivity index (χ1) is 20.8. The fraction of sp³-hybridized carbons (Fsp3) is 0.150. The van der Waals surface area contributed by atoms with Crippen molar-refractivity contribution in [1.29, 1.82) is 0 Å². The SMILES string of the molecule is C1=CCCC(c2cccc(-c3ccc(NC4C5=C[C@H]54)c(-c4cccc(C5C=Cc6oc7ccccc7c6C5)c4)c3)c2)=C1. The highest BCUT2D eigenvalue weighted by Crippen LogP contribution is 2.56. The van der Waals surface area contributed by atoms with Crippen LogP contribution in [0.1, 0.15) is 41.2 Å². The minimum absolute atomic E-state index is 0.314. The number of anilines is 1. The van der Waals surface area contributed by atoms with Crippen LogP contribution in [-0.2, 0) is 6.42 Å². The zero-order valence-electron chi connectivity index (χ0n) is 23.4. The molecule has 4 aliphatic rings. The van der Waals surface area contributed by atoms with Crippen molar-refractivity contribution >= 4 is 28.3 Å². The van der Waals surface area contributed by atoms with Gasteiger partial charge in [-0.05, 0) is 88.6 Å². The van der Waals surface area contributed by atoms with Gasteiger partial charge in [0.25, 0.3) is 0 Å². The Morgan fingerprint density at radius 3 is 2.52 bits per heavy atom. The molecule has 1 fully saturated rings. The zero-order valence-corrected chi connectivity index (χ0v) is 23.4. The number of para-hydroxylation sites is 1. The van der Waals surface area contributed by atoms with Crippen molar-refractivity contribution in [1.82, 2.24) is 0 Å². The maximum Gasteiger partial charge on any atom is 0.135 e. The molecule has 202 valence electrons. The minimum atomic E-state index is 0.314. The molecule has 42 heavy (non-hydrogen) atoms. The fourth-order valence-electron chi connectivity index (χ4n) is 6.84. The van der Waals surface area contributed by atoms with Gasteiger partial charge >= 0.3 is 0 Å². The van der Waals surface area contributed by atoms with E-state index in [9.17, 15) is 0 Å². The van der Waals surface area contributed by atoms with Gasteiger partial charge in [0, 0.05) is 34.0 Å². The molecule has 0 spiro atoms. The van der Waals surface area contributed by atoms with Crippen molar-refractivity contribution in [3.05, 3.63) is 149 Å². The smallest absolute Gasteiger partial charge is 0.135 e. The van der Waals surface area contributed by atoms with Gasteiger partial charge in [0.15, 0.2) is 0 Å². The predicted octanol–water partition coefficient (Wildman–Crippen LogP) is 10.2. The molecular weight excluding hydrogens is 510 g/mol. The molecule has 1 aromatic heterocycles. The highest BCUT2D eigenvalue weighted by Gasteiger charge is 2.54. The molecule has 4 aliphatic carbocycles. The summed E-state index contributed by atoms with van der Waals surface area (Å²) in [6.45, 7) is 0. The Hall–Kier alpha value is -4.82. The van der Waals surface area contributed by atoms with Gasteiger partial charge in [-0.1, -0.05) is 97.1 Å². The van der Waals surface area contributed by atoms with E-state index >= 15 is 0 Å². The van der Waals surface area contributed by atoms with Gasteiger partial charge in [-0.25, -0.2) is 0 Å². The second-order valence-electron chi connectivity index (χ2n) is 12.1. The van der Waals surface area contributed by atoms with Gasteiger partial charge in [0.1, 0.15) is 11.3 Å². The lowest BCUT2D eigenvalue weighted by Gasteiger charge is -2.20. The van der Waals surface area contributed by atoms with E-state index < -0.39 is 0 Å². The Balaban J connectivity index is 1.09. The third kappa shape index (κ3) is 4.10. The third-order valence-electron chi connectivity index (χ3n) is 9.43. The van der Waals surface area contributed by atoms with Gasteiger partial charge in [-0.15, -0.1) is 0 Å². The van der Waals surface area contributed by atoms with Gasteiger partial charge < -0.3 is 9.73 Å². The lowest BCUT2D eigenvalue weighted by Crippen LogP contribution is -2.08. The number of rotatable bonds is 6. The standard InChI is InChI=1S/C40H31NO/c1-2-8-25(9-3-1)26-10-6-11-27(20-26)29-16-18-37(41-40-35-24-36(35)40)33(22-29)31-13-7-12-28(21-31)30-17-19-39-34(23-30)32-14-4-5-15-38(32)42-39/h1-2,4-8,10-22,24,30,35,40-41H,3,9,23H2/t30?,35-,40?/m1/s1. The zero-order chi connectivity index (χ0) is 27.6. The maximum atomic E-state index is 6.13. The molecule has 1 heterocycles. The highest BCUT2D eigenvalue weighted by molar-refractivity contribution is 5.87. The van der Waals surface area contributed by atoms with Crippen LogP contribution in [0.2, 0.25) is 0 Å². The lowest BCUT2D eigenvalue weighted by atomic mass is 9.85. The molecular formula is C40H31NO. The third-order valence-corrected chi connectivity index (χ3v) is 9.43. The molecule has 4 aromatic carbocycles. The quantitative estimate of drug-likeness (QED) is 0.216. The number of fused-ring (bicyclic) bond motifs is 4. The van der Waals surface area contributed by atoms with Gasteiger partial charge in [-0.2, -0.15) is 0 Å². The van der Waals surface area contributed by atoms with Gasteiger partial charge in [0.05, 0.1) is 6.04 Å². The van der Waals surface area contributed by atoms with Crippen LogP contribution >= 0.6 is 0 Å². The molecule has 2 unspecified atom stereocenters. The molecule has 1 N–H and O–H groups in total. The van der Waals surface area contributed by atoms with Crippen molar-refractivity contribution < 1.29 is 4.42 Å². The van der Waals surface area contributed by atoms with Crippen LogP contribution in [0.3, 0.4) is 0 Å². The lowest BCUT2D eigenvalue weighted by molar-refractivity contribution is 0.591. The minimum Gasteiger partial charge on any atom is -0.456 e. The second kappa shape index (κ2) is 9.36. The van der Waals surface area contributed by atoms with E-state index in [0.717, 1.165) is 30.6 Å². The van der Waals surface area contributed by atoms with Crippen LogP contribution in [0.15, 0.2) is 131 Å². The molecule has 1 saturated carbocycles. The largest absolute Gasteiger partial charge is 0.456 e. The van der Waals surface area contributed by atoms with E-state index in [1.807, 2.05) is 6.07 Å². The number of hydrogen-bond donors (Lipinski definition) is 1. The molecule has 0 radical (unpaired) electrons. The summed E-state index contributed by atoms with van der Waals surface area (Å²) in [7, 11) is 0. The normalized spacial score (nSPS) is 21.4. The van der Waals surface area contributed by atoms with E-state index in [-0.39, 0.29) is 0 Å². The molecule has 0 amide bonds. The molecule has 0 bridgehead atoms.